The summed E-state index contributed by atoms with van der Waals surface area (Å²) in [6.07, 6.45) is 0. The maximum absolute atomic E-state index is 11.7. The van der Waals surface area contributed by atoms with E-state index in [2.05, 4.69) is 55.6 Å². The zero-order valence-electron chi connectivity index (χ0n) is 16.8. The van der Waals surface area contributed by atoms with Crippen molar-refractivity contribution >= 4 is 23.3 Å². The summed E-state index contributed by atoms with van der Waals surface area (Å²) in [4.78, 5) is 16.3. The van der Waals surface area contributed by atoms with E-state index in [1.807, 2.05) is 30.3 Å². The molecule has 1 N–H and O–H groups in total. The summed E-state index contributed by atoms with van der Waals surface area (Å²) in [5.41, 5.74) is 2.67. The Morgan fingerprint density at radius 3 is 2.27 bits per heavy atom. The van der Waals surface area contributed by atoms with Crippen molar-refractivity contribution in [3.63, 3.8) is 0 Å². The van der Waals surface area contributed by atoms with Gasteiger partial charge in [-0.15, -0.1) is 10.2 Å². The fraction of sp³-hybridized carbons (Fsp3) is 0.261. The maximum atomic E-state index is 11.7. The monoisotopic (exact) mass is 421 g/mol. The molecule has 1 aromatic heterocycles. The first-order valence-corrected chi connectivity index (χ1v) is 10.4. The molecule has 0 saturated carbocycles. The Hall–Kier alpha value is -2.96. The summed E-state index contributed by atoms with van der Waals surface area (Å²) < 4.78 is 0. The largest absolute Gasteiger partial charge is 0.354 e. The summed E-state index contributed by atoms with van der Waals surface area (Å²) >= 11 is 6.58. The highest BCUT2D eigenvalue weighted by molar-refractivity contribution is 6.31. The van der Waals surface area contributed by atoms with Gasteiger partial charge in [-0.1, -0.05) is 60.1 Å². The van der Waals surface area contributed by atoms with E-state index >= 15 is 0 Å². The van der Waals surface area contributed by atoms with Gasteiger partial charge in [0.25, 0.3) is 5.91 Å². The quantitative estimate of drug-likeness (QED) is 0.684. The second-order valence-electron chi connectivity index (χ2n) is 7.21. The third-order valence-corrected chi connectivity index (χ3v) is 5.77. The molecule has 1 unspecified atom stereocenters. The summed E-state index contributed by atoms with van der Waals surface area (Å²) in [6.45, 7) is 3.37. The molecule has 1 fully saturated rings. The number of carbonyl (C=O) groups excluding carboxylic acids is 1. The van der Waals surface area contributed by atoms with Crippen LogP contribution in [0.3, 0.4) is 0 Å². The first kappa shape index (κ1) is 20.3. The summed E-state index contributed by atoms with van der Waals surface area (Å²) in [6, 6.07) is 22.2. The van der Waals surface area contributed by atoms with E-state index in [1.54, 1.807) is 13.1 Å². The molecule has 4 rings (SSSR count). The minimum absolute atomic E-state index is 0.101. The number of nitrogens with zero attached hydrogens (tertiary/aromatic N) is 4. The summed E-state index contributed by atoms with van der Waals surface area (Å²) in [5, 5.41) is 11.6. The van der Waals surface area contributed by atoms with Crippen LogP contribution in [0, 0.1) is 0 Å². The van der Waals surface area contributed by atoms with Crippen LogP contribution in [-0.2, 0) is 0 Å². The molecule has 2 aromatic carbocycles. The van der Waals surface area contributed by atoms with E-state index in [9.17, 15) is 4.79 Å². The van der Waals surface area contributed by atoms with E-state index in [4.69, 9.17) is 11.6 Å². The van der Waals surface area contributed by atoms with Crippen LogP contribution < -0.4 is 10.2 Å². The van der Waals surface area contributed by atoms with E-state index in [0.29, 0.717) is 5.69 Å². The van der Waals surface area contributed by atoms with Gasteiger partial charge in [0, 0.05) is 38.2 Å². The minimum Gasteiger partial charge on any atom is -0.354 e. The van der Waals surface area contributed by atoms with Gasteiger partial charge in [0.15, 0.2) is 11.5 Å². The van der Waals surface area contributed by atoms with Gasteiger partial charge in [-0.2, -0.15) is 0 Å². The van der Waals surface area contributed by atoms with Crippen LogP contribution in [0.5, 0.6) is 0 Å². The van der Waals surface area contributed by atoms with Crippen LogP contribution in [-0.4, -0.2) is 54.2 Å². The van der Waals surface area contributed by atoms with Crippen LogP contribution >= 0.6 is 11.6 Å². The predicted octanol–water partition coefficient (Wildman–Crippen LogP) is 3.40. The number of hydrogen-bond acceptors (Lipinski definition) is 5. The first-order valence-electron chi connectivity index (χ1n) is 10.0. The van der Waals surface area contributed by atoms with Crippen LogP contribution in [0.2, 0.25) is 5.02 Å². The number of anilines is 1. The van der Waals surface area contributed by atoms with Crippen molar-refractivity contribution in [2.45, 2.75) is 6.04 Å². The van der Waals surface area contributed by atoms with Gasteiger partial charge in [0.05, 0.1) is 6.04 Å². The molecule has 1 amide bonds. The molecule has 30 heavy (non-hydrogen) atoms. The molecule has 0 bridgehead atoms. The van der Waals surface area contributed by atoms with Crippen LogP contribution in [0.15, 0.2) is 66.7 Å². The van der Waals surface area contributed by atoms with Gasteiger partial charge < -0.3 is 10.2 Å². The van der Waals surface area contributed by atoms with Crippen LogP contribution in [0.4, 0.5) is 5.82 Å². The SMILES string of the molecule is CNC(=O)c1ccc(N2CCN(C(c3ccccc3)c3ccccc3Cl)CC2)nn1. The molecule has 6 nitrogen and oxygen atoms in total. The van der Waals surface area contributed by atoms with E-state index in [1.165, 1.54) is 5.56 Å². The fourth-order valence-corrected chi connectivity index (χ4v) is 4.11. The fourth-order valence-electron chi connectivity index (χ4n) is 3.87. The van der Waals surface area contributed by atoms with Gasteiger partial charge in [-0.05, 0) is 29.3 Å². The molecular weight excluding hydrogens is 398 g/mol. The smallest absolute Gasteiger partial charge is 0.271 e. The number of nitrogens with one attached hydrogen (secondary N) is 1. The normalized spacial score (nSPS) is 15.6. The number of piperazine rings is 1. The van der Waals surface area contributed by atoms with Crippen molar-refractivity contribution in [2.24, 2.45) is 0 Å². The van der Waals surface area contributed by atoms with Crippen molar-refractivity contribution in [1.82, 2.24) is 20.4 Å². The lowest BCUT2D eigenvalue weighted by molar-refractivity contribution is 0.0957. The standard InChI is InChI=1S/C23H24ClN5O/c1-25-23(30)20-11-12-21(27-26-20)28-13-15-29(16-14-28)22(17-7-3-2-4-8-17)18-9-5-6-10-19(18)24/h2-12,22H,13-16H2,1H3,(H,25,30). The van der Waals surface area contributed by atoms with Gasteiger partial charge >= 0.3 is 0 Å². The third-order valence-electron chi connectivity index (χ3n) is 5.43. The number of aromatic nitrogens is 2. The number of hydrogen-bond donors (Lipinski definition) is 1. The zero-order valence-corrected chi connectivity index (χ0v) is 17.6. The lowest BCUT2D eigenvalue weighted by Crippen LogP contribution is -2.48. The van der Waals surface area contributed by atoms with Crippen LogP contribution in [0.25, 0.3) is 0 Å². The second-order valence-corrected chi connectivity index (χ2v) is 7.62. The Bertz CT molecular complexity index is 988. The second kappa shape index (κ2) is 9.24. The van der Waals surface area contributed by atoms with Crippen molar-refractivity contribution in [3.05, 3.63) is 88.6 Å². The minimum atomic E-state index is -0.232. The lowest BCUT2D eigenvalue weighted by Gasteiger charge is -2.40. The molecule has 1 aliphatic heterocycles. The Morgan fingerprint density at radius 1 is 0.933 bits per heavy atom. The number of rotatable bonds is 5. The maximum Gasteiger partial charge on any atom is 0.271 e. The summed E-state index contributed by atoms with van der Waals surface area (Å²) in [7, 11) is 1.58. The van der Waals surface area contributed by atoms with Gasteiger partial charge in [0.2, 0.25) is 0 Å². The summed E-state index contributed by atoms with van der Waals surface area (Å²) in [5.74, 6) is 0.556. The highest BCUT2D eigenvalue weighted by Gasteiger charge is 2.28. The molecule has 3 aromatic rings. The molecule has 154 valence electrons. The molecule has 0 radical (unpaired) electrons. The molecule has 7 heteroatoms. The number of amides is 1. The predicted molar refractivity (Wildman–Crippen MR) is 119 cm³/mol. The molecular formula is C23H24ClN5O. The van der Waals surface area contributed by atoms with Gasteiger partial charge in [-0.25, -0.2) is 0 Å². The van der Waals surface area contributed by atoms with E-state index in [0.717, 1.165) is 42.6 Å². The average Bonchev–Trinajstić information content (AvgIpc) is 2.81. The van der Waals surface area contributed by atoms with Gasteiger partial charge in [0.1, 0.15) is 0 Å². The van der Waals surface area contributed by atoms with Gasteiger partial charge in [-0.3, -0.25) is 9.69 Å². The van der Waals surface area contributed by atoms with Crippen molar-refractivity contribution in [3.8, 4) is 0 Å². The van der Waals surface area contributed by atoms with E-state index < -0.39 is 0 Å². The lowest BCUT2D eigenvalue weighted by atomic mass is 9.96. The number of benzene rings is 2. The molecule has 1 atom stereocenters. The molecule has 1 saturated heterocycles. The highest BCUT2D eigenvalue weighted by Crippen LogP contribution is 2.34. The van der Waals surface area contributed by atoms with Crippen molar-refractivity contribution in [2.75, 3.05) is 38.1 Å². The van der Waals surface area contributed by atoms with Crippen molar-refractivity contribution in [1.29, 1.82) is 0 Å². The molecule has 2 heterocycles. The Labute approximate surface area is 181 Å². The Balaban J connectivity index is 1.52. The Morgan fingerprint density at radius 2 is 1.63 bits per heavy atom. The molecule has 0 spiro atoms. The number of halogens is 1. The third kappa shape index (κ3) is 4.30. The average molecular weight is 422 g/mol. The molecule has 1 aliphatic rings. The zero-order chi connectivity index (χ0) is 20.9. The first-order chi connectivity index (χ1) is 14.7. The highest BCUT2D eigenvalue weighted by atomic mass is 35.5. The number of carbonyl (C=O) groups is 1. The van der Waals surface area contributed by atoms with E-state index in [-0.39, 0.29) is 11.9 Å². The van der Waals surface area contributed by atoms with Crippen molar-refractivity contribution < 1.29 is 4.79 Å². The topological polar surface area (TPSA) is 61.4 Å². The Kier molecular flexibility index (Phi) is 6.26. The van der Waals surface area contributed by atoms with Crippen LogP contribution in [0.1, 0.15) is 27.7 Å². The molecule has 0 aliphatic carbocycles.